The number of hydrogen-bond donors (Lipinski definition) is 2. The molecule has 2 saturated heterocycles. The number of nitrogens with zero attached hydrogens (tertiary/aromatic N) is 1. The van der Waals surface area contributed by atoms with E-state index >= 15 is 0 Å². The number of halogens is 1. The van der Waals surface area contributed by atoms with Crippen molar-refractivity contribution in [1.29, 1.82) is 0 Å². The molecule has 0 aliphatic carbocycles. The predicted molar refractivity (Wildman–Crippen MR) is 107 cm³/mol. The van der Waals surface area contributed by atoms with Gasteiger partial charge in [0.25, 0.3) is 0 Å². The molecule has 4 rings (SSSR count). The van der Waals surface area contributed by atoms with Gasteiger partial charge < -0.3 is 14.4 Å². The molecule has 0 saturated carbocycles. The Bertz CT molecular complexity index is 858. The number of hydrazine groups is 1. The van der Waals surface area contributed by atoms with Crippen LogP contribution in [-0.2, 0) is 4.79 Å². The molecule has 142 valence electrons. The number of hydrogen-bond acceptors (Lipinski definition) is 5. The van der Waals surface area contributed by atoms with Gasteiger partial charge in [0.15, 0.2) is 0 Å². The Morgan fingerprint density at radius 3 is 2.44 bits per heavy atom. The molecular weight excluding hydrogens is 410 g/mol. The van der Waals surface area contributed by atoms with Crippen LogP contribution in [0.25, 0.3) is 0 Å². The SMILES string of the molecule is COc1ccc(C2C3C(C)NNC3C(=O)N2c2ccc(Br)cc2)c(OC)c1. The number of methoxy groups -OCH3 is 2. The summed E-state index contributed by atoms with van der Waals surface area (Å²) in [6.45, 7) is 2.10. The third-order valence-corrected chi connectivity index (χ3v) is 5.97. The molecule has 4 unspecified atom stereocenters. The van der Waals surface area contributed by atoms with E-state index < -0.39 is 0 Å². The van der Waals surface area contributed by atoms with Crippen molar-refractivity contribution in [3.05, 3.63) is 52.5 Å². The number of carbonyl (C=O) groups excluding carboxylic acids is 1. The van der Waals surface area contributed by atoms with Gasteiger partial charge in [0.05, 0.1) is 20.3 Å². The summed E-state index contributed by atoms with van der Waals surface area (Å²) >= 11 is 3.47. The first kappa shape index (κ1) is 18.3. The minimum absolute atomic E-state index is 0.0574. The smallest absolute Gasteiger partial charge is 0.246 e. The fraction of sp³-hybridized carbons (Fsp3) is 0.350. The van der Waals surface area contributed by atoms with E-state index in [1.54, 1.807) is 14.2 Å². The largest absolute Gasteiger partial charge is 0.497 e. The summed E-state index contributed by atoms with van der Waals surface area (Å²) in [4.78, 5) is 15.2. The van der Waals surface area contributed by atoms with Gasteiger partial charge in [0.1, 0.15) is 17.5 Å². The minimum Gasteiger partial charge on any atom is -0.497 e. The third kappa shape index (κ3) is 2.99. The number of nitrogens with one attached hydrogen (secondary N) is 2. The molecule has 7 heteroatoms. The van der Waals surface area contributed by atoms with Crippen LogP contribution in [0.2, 0.25) is 0 Å². The van der Waals surface area contributed by atoms with Gasteiger partial charge >= 0.3 is 0 Å². The van der Waals surface area contributed by atoms with Crippen molar-refractivity contribution in [2.75, 3.05) is 19.1 Å². The fourth-order valence-electron chi connectivity index (χ4n) is 4.14. The fourth-order valence-corrected chi connectivity index (χ4v) is 4.41. The van der Waals surface area contributed by atoms with Crippen molar-refractivity contribution < 1.29 is 14.3 Å². The zero-order chi connectivity index (χ0) is 19.1. The maximum atomic E-state index is 13.3. The van der Waals surface area contributed by atoms with Gasteiger partial charge in [-0.05, 0) is 43.3 Å². The molecule has 2 aliphatic rings. The summed E-state index contributed by atoms with van der Waals surface area (Å²) in [5, 5.41) is 0. The molecule has 0 spiro atoms. The molecule has 2 aromatic rings. The van der Waals surface area contributed by atoms with Crippen LogP contribution in [0, 0.1) is 5.92 Å². The molecule has 2 N–H and O–H groups in total. The Kier molecular flexibility index (Phi) is 4.84. The number of rotatable bonds is 4. The van der Waals surface area contributed by atoms with E-state index in [0.29, 0.717) is 5.75 Å². The zero-order valence-electron chi connectivity index (χ0n) is 15.4. The molecule has 2 heterocycles. The van der Waals surface area contributed by atoms with E-state index in [0.717, 1.165) is 21.5 Å². The Hall–Kier alpha value is -2.09. The van der Waals surface area contributed by atoms with Crippen LogP contribution < -0.4 is 25.2 Å². The maximum absolute atomic E-state index is 13.3. The highest BCUT2D eigenvalue weighted by Gasteiger charge is 2.55. The molecule has 0 bridgehead atoms. The summed E-state index contributed by atoms with van der Waals surface area (Å²) in [6.07, 6.45) is 0. The number of fused-ring (bicyclic) bond motifs is 1. The number of benzene rings is 2. The summed E-state index contributed by atoms with van der Waals surface area (Å²) in [6, 6.07) is 13.3. The first-order valence-corrected chi connectivity index (χ1v) is 9.66. The first-order valence-electron chi connectivity index (χ1n) is 8.86. The van der Waals surface area contributed by atoms with Crippen molar-refractivity contribution in [3.8, 4) is 11.5 Å². The van der Waals surface area contributed by atoms with Crippen molar-refractivity contribution >= 4 is 27.5 Å². The maximum Gasteiger partial charge on any atom is 0.246 e. The van der Waals surface area contributed by atoms with Crippen molar-refractivity contribution in [1.82, 2.24) is 10.9 Å². The van der Waals surface area contributed by atoms with Gasteiger partial charge in [0, 0.05) is 33.7 Å². The monoisotopic (exact) mass is 431 g/mol. The second-order valence-corrected chi connectivity index (χ2v) is 7.79. The summed E-state index contributed by atoms with van der Waals surface area (Å²) < 4.78 is 12.0. The lowest BCUT2D eigenvalue weighted by Gasteiger charge is -2.31. The van der Waals surface area contributed by atoms with Gasteiger partial charge in [-0.25, -0.2) is 5.43 Å². The lowest BCUT2D eigenvalue weighted by molar-refractivity contribution is -0.119. The van der Waals surface area contributed by atoms with Crippen LogP contribution in [0.3, 0.4) is 0 Å². The van der Waals surface area contributed by atoms with Gasteiger partial charge in [-0.3, -0.25) is 10.2 Å². The Morgan fingerprint density at radius 1 is 1.04 bits per heavy atom. The van der Waals surface area contributed by atoms with Crippen molar-refractivity contribution in [2.45, 2.75) is 25.0 Å². The number of amides is 1. The van der Waals surface area contributed by atoms with E-state index in [2.05, 4.69) is 33.7 Å². The van der Waals surface area contributed by atoms with Gasteiger partial charge in [-0.2, -0.15) is 0 Å². The van der Waals surface area contributed by atoms with E-state index in [1.807, 2.05) is 47.4 Å². The van der Waals surface area contributed by atoms with Crippen molar-refractivity contribution in [2.24, 2.45) is 5.92 Å². The highest BCUT2D eigenvalue weighted by Crippen LogP contribution is 2.47. The quantitative estimate of drug-likeness (QED) is 0.778. The Morgan fingerprint density at radius 2 is 1.78 bits per heavy atom. The first-order chi connectivity index (χ1) is 13.0. The van der Waals surface area contributed by atoms with Gasteiger partial charge in [-0.15, -0.1) is 0 Å². The molecule has 2 aliphatic heterocycles. The molecule has 4 atom stereocenters. The van der Waals surface area contributed by atoms with Gasteiger partial charge in [0.2, 0.25) is 5.91 Å². The summed E-state index contributed by atoms with van der Waals surface area (Å²) in [5.74, 6) is 1.57. The van der Waals surface area contributed by atoms with Crippen LogP contribution >= 0.6 is 15.9 Å². The summed E-state index contributed by atoms with van der Waals surface area (Å²) in [5.41, 5.74) is 8.24. The molecule has 6 nitrogen and oxygen atoms in total. The third-order valence-electron chi connectivity index (χ3n) is 5.44. The highest BCUT2D eigenvalue weighted by atomic mass is 79.9. The van der Waals surface area contributed by atoms with Crippen LogP contribution in [-0.4, -0.2) is 32.2 Å². The normalized spacial score (nSPS) is 27.0. The molecule has 2 aromatic carbocycles. The predicted octanol–water partition coefficient (Wildman–Crippen LogP) is 3.04. The number of carbonyl (C=O) groups is 1. The topological polar surface area (TPSA) is 62.8 Å². The van der Waals surface area contributed by atoms with E-state index in [4.69, 9.17) is 9.47 Å². The van der Waals surface area contributed by atoms with Crippen molar-refractivity contribution in [3.63, 3.8) is 0 Å². The molecule has 2 fully saturated rings. The number of ether oxygens (including phenoxy) is 2. The highest BCUT2D eigenvalue weighted by molar-refractivity contribution is 9.10. The van der Waals surface area contributed by atoms with E-state index in [-0.39, 0.29) is 30.0 Å². The minimum atomic E-state index is -0.277. The van der Waals surface area contributed by atoms with Crippen LogP contribution in [0.15, 0.2) is 46.9 Å². The average Bonchev–Trinajstić information content (AvgIpc) is 3.20. The molecule has 0 radical (unpaired) electrons. The average molecular weight is 432 g/mol. The van der Waals surface area contributed by atoms with Crippen LogP contribution in [0.5, 0.6) is 11.5 Å². The number of anilines is 1. The lowest BCUT2D eigenvalue weighted by Crippen LogP contribution is -2.42. The molecular formula is C20H22BrN3O3. The van der Waals surface area contributed by atoms with Crippen LogP contribution in [0.4, 0.5) is 5.69 Å². The lowest BCUT2D eigenvalue weighted by atomic mass is 9.86. The van der Waals surface area contributed by atoms with Gasteiger partial charge in [-0.1, -0.05) is 15.9 Å². The second-order valence-electron chi connectivity index (χ2n) is 6.87. The summed E-state index contributed by atoms with van der Waals surface area (Å²) in [7, 11) is 3.27. The standard InChI is InChI=1S/C20H22BrN3O3/c1-11-17-18(23-22-11)20(25)24(13-6-4-12(21)5-7-13)19(17)15-9-8-14(26-2)10-16(15)27-3/h4-11,17-19,22-23H,1-3H3. The van der Waals surface area contributed by atoms with E-state index in [9.17, 15) is 4.79 Å². The van der Waals surface area contributed by atoms with Crippen LogP contribution in [0.1, 0.15) is 18.5 Å². The molecule has 1 amide bonds. The van der Waals surface area contributed by atoms with E-state index in [1.165, 1.54) is 0 Å². The molecule has 27 heavy (non-hydrogen) atoms. The second kappa shape index (κ2) is 7.14. The Labute approximate surface area is 166 Å². The Balaban J connectivity index is 1.85. The molecule has 0 aromatic heterocycles. The zero-order valence-corrected chi connectivity index (χ0v) is 17.0.